The van der Waals surface area contributed by atoms with E-state index in [9.17, 15) is 4.79 Å². The second kappa shape index (κ2) is 2.76. The zero-order valence-electron chi connectivity index (χ0n) is 7.28. The summed E-state index contributed by atoms with van der Waals surface area (Å²) in [4.78, 5) is 11.3. The number of ether oxygens (including phenoxy) is 1. The Kier molecular flexibility index (Phi) is 1.72. The summed E-state index contributed by atoms with van der Waals surface area (Å²) in [6, 6.07) is 4.76. The minimum Gasteiger partial charge on any atom is -0.508 e. The number of carbonyl (C=O) groups excluding carboxylic acids is 1. The van der Waals surface area contributed by atoms with Crippen LogP contribution in [-0.2, 0) is 4.74 Å². The highest BCUT2D eigenvalue weighted by Crippen LogP contribution is 2.34. The van der Waals surface area contributed by atoms with Crippen LogP contribution in [0.1, 0.15) is 35.4 Å². The van der Waals surface area contributed by atoms with Gasteiger partial charge in [0.1, 0.15) is 11.9 Å². The highest BCUT2D eigenvalue weighted by Gasteiger charge is 2.29. The number of esters is 1. The first-order valence-corrected chi connectivity index (χ1v) is 4.26. The summed E-state index contributed by atoms with van der Waals surface area (Å²) in [7, 11) is 0. The van der Waals surface area contributed by atoms with Crippen LogP contribution in [0.25, 0.3) is 0 Å². The van der Waals surface area contributed by atoms with Crippen LogP contribution in [0.2, 0.25) is 0 Å². The molecule has 68 valence electrons. The first-order valence-electron chi connectivity index (χ1n) is 4.26. The van der Waals surface area contributed by atoms with E-state index in [1.807, 2.05) is 6.92 Å². The molecule has 1 aliphatic rings. The number of carbonyl (C=O) groups is 1. The lowest BCUT2D eigenvalue weighted by molar-refractivity contribution is 0.0378. The van der Waals surface area contributed by atoms with E-state index in [-0.39, 0.29) is 17.8 Å². The summed E-state index contributed by atoms with van der Waals surface area (Å²) in [5.74, 6) is -0.231. The number of benzene rings is 1. The summed E-state index contributed by atoms with van der Waals surface area (Å²) in [5, 5.41) is 9.17. The van der Waals surface area contributed by atoms with Gasteiger partial charge in [-0.15, -0.1) is 0 Å². The lowest BCUT2D eigenvalue weighted by atomic mass is 10.0. The standard InChI is InChI=1S/C10H10O3/c1-2-9-7-4-3-6(11)5-8(7)10(12)13-9/h3-5,9,11H,2H2,1H3/t9-/m0/s1. The van der Waals surface area contributed by atoms with Crippen molar-refractivity contribution < 1.29 is 14.6 Å². The van der Waals surface area contributed by atoms with Crippen LogP contribution < -0.4 is 0 Å². The number of phenols is 1. The molecule has 0 unspecified atom stereocenters. The van der Waals surface area contributed by atoms with E-state index in [2.05, 4.69) is 0 Å². The van der Waals surface area contributed by atoms with Crippen molar-refractivity contribution in [3.05, 3.63) is 29.3 Å². The first-order chi connectivity index (χ1) is 6.22. The quantitative estimate of drug-likeness (QED) is 0.669. The Morgan fingerprint density at radius 3 is 3.00 bits per heavy atom. The normalized spacial score (nSPS) is 19.8. The molecule has 2 rings (SSSR count). The number of hydrogen-bond donors (Lipinski definition) is 1. The van der Waals surface area contributed by atoms with Gasteiger partial charge in [-0.05, 0) is 18.6 Å². The zero-order chi connectivity index (χ0) is 9.42. The highest BCUT2D eigenvalue weighted by molar-refractivity contribution is 5.94. The average Bonchev–Trinajstić information content (AvgIpc) is 2.43. The first kappa shape index (κ1) is 8.10. The molecular formula is C10H10O3. The van der Waals surface area contributed by atoms with Crippen molar-refractivity contribution in [1.82, 2.24) is 0 Å². The molecule has 1 aliphatic heterocycles. The molecule has 0 fully saturated rings. The molecule has 1 aromatic rings. The van der Waals surface area contributed by atoms with Crippen molar-refractivity contribution in [2.24, 2.45) is 0 Å². The van der Waals surface area contributed by atoms with E-state index < -0.39 is 0 Å². The van der Waals surface area contributed by atoms with Crippen molar-refractivity contribution in [2.75, 3.05) is 0 Å². The van der Waals surface area contributed by atoms with Gasteiger partial charge in [0, 0.05) is 5.56 Å². The van der Waals surface area contributed by atoms with E-state index in [0.717, 1.165) is 12.0 Å². The van der Waals surface area contributed by atoms with E-state index in [1.54, 1.807) is 12.1 Å². The predicted molar refractivity (Wildman–Crippen MR) is 46.6 cm³/mol. The van der Waals surface area contributed by atoms with Gasteiger partial charge in [0.25, 0.3) is 0 Å². The van der Waals surface area contributed by atoms with Crippen molar-refractivity contribution in [3.63, 3.8) is 0 Å². The third kappa shape index (κ3) is 1.16. The molecule has 1 N–H and O–H groups in total. The topological polar surface area (TPSA) is 46.5 Å². The molecule has 0 radical (unpaired) electrons. The van der Waals surface area contributed by atoms with Crippen LogP contribution in [0, 0.1) is 0 Å². The minimum atomic E-state index is -0.335. The smallest absolute Gasteiger partial charge is 0.339 e. The number of fused-ring (bicyclic) bond motifs is 1. The molecule has 0 aromatic heterocycles. The molecule has 1 heterocycles. The Hall–Kier alpha value is -1.51. The molecule has 3 nitrogen and oxygen atoms in total. The minimum absolute atomic E-state index is 0.104. The Bertz CT molecular complexity index is 357. The molecule has 13 heavy (non-hydrogen) atoms. The largest absolute Gasteiger partial charge is 0.508 e. The van der Waals surface area contributed by atoms with Gasteiger partial charge in [0.05, 0.1) is 5.56 Å². The van der Waals surface area contributed by atoms with Crippen molar-refractivity contribution >= 4 is 5.97 Å². The van der Waals surface area contributed by atoms with Crippen LogP contribution >= 0.6 is 0 Å². The Balaban J connectivity index is 2.52. The summed E-state index contributed by atoms with van der Waals surface area (Å²) in [6.45, 7) is 1.96. The van der Waals surface area contributed by atoms with Gasteiger partial charge in [-0.25, -0.2) is 4.79 Å². The van der Waals surface area contributed by atoms with E-state index >= 15 is 0 Å². The van der Waals surface area contributed by atoms with Crippen molar-refractivity contribution in [2.45, 2.75) is 19.4 Å². The van der Waals surface area contributed by atoms with Gasteiger partial charge in [0.2, 0.25) is 0 Å². The molecule has 1 aromatic carbocycles. The van der Waals surface area contributed by atoms with E-state index in [1.165, 1.54) is 6.07 Å². The third-order valence-electron chi connectivity index (χ3n) is 2.22. The van der Waals surface area contributed by atoms with Crippen molar-refractivity contribution in [3.8, 4) is 5.75 Å². The lowest BCUT2D eigenvalue weighted by Crippen LogP contribution is -1.96. The van der Waals surface area contributed by atoms with Crippen LogP contribution in [0.4, 0.5) is 0 Å². The maximum atomic E-state index is 11.3. The molecule has 0 saturated carbocycles. The number of phenolic OH excluding ortho intramolecular Hbond substituents is 1. The SMILES string of the molecule is CC[C@@H]1OC(=O)c2cc(O)ccc21. The van der Waals surface area contributed by atoms with Crippen molar-refractivity contribution in [1.29, 1.82) is 0 Å². The summed E-state index contributed by atoms with van der Waals surface area (Å²) in [6.07, 6.45) is 0.631. The van der Waals surface area contributed by atoms with E-state index in [4.69, 9.17) is 9.84 Å². The molecule has 0 aliphatic carbocycles. The van der Waals surface area contributed by atoms with Gasteiger partial charge < -0.3 is 9.84 Å². The average molecular weight is 178 g/mol. The van der Waals surface area contributed by atoms with Crippen LogP contribution in [0.5, 0.6) is 5.75 Å². The van der Waals surface area contributed by atoms with Gasteiger partial charge >= 0.3 is 5.97 Å². The summed E-state index contributed by atoms with van der Waals surface area (Å²) in [5.41, 5.74) is 1.37. The second-order valence-corrected chi connectivity index (χ2v) is 3.07. The van der Waals surface area contributed by atoms with Gasteiger partial charge in [-0.1, -0.05) is 13.0 Å². The Morgan fingerprint density at radius 1 is 1.54 bits per heavy atom. The maximum Gasteiger partial charge on any atom is 0.339 e. The zero-order valence-corrected chi connectivity index (χ0v) is 7.28. The Labute approximate surface area is 76.0 Å². The summed E-state index contributed by atoms with van der Waals surface area (Å²) < 4.78 is 5.09. The highest BCUT2D eigenvalue weighted by atomic mass is 16.5. The van der Waals surface area contributed by atoms with Gasteiger partial charge in [-0.2, -0.15) is 0 Å². The molecule has 0 bridgehead atoms. The predicted octanol–water partition coefficient (Wildman–Crippen LogP) is 2.01. The van der Waals surface area contributed by atoms with Crippen LogP contribution in [0.3, 0.4) is 0 Å². The fourth-order valence-corrected chi connectivity index (χ4v) is 1.56. The second-order valence-electron chi connectivity index (χ2n) is 3.07. The lowest BCUT2D eigenvalue weighted by Gasteiger charge is -2.05. The number of cyclic esters (lactones) is 1. The summed E-state index contributed by atoms with van der Waals surface area (Å²) >= 11 is 0. The maximum absolute atomic E-state index is 11.3. The monoisotopic (exact) mass is 178 g/mol. The molecule has 3 heteroatoms. The third-order valence-corrected chi connectivity index (χ3v) is 2.22. The molecule has 1 atom stereocenters. The van der Waals surface area contributed by atoms with Gasteiger partial charge in [-0.3, -0.25) is 0 Å². The molecule has 0 amide bonds. The van der Waals surface area contributed by atoms with Crippen LogP contribution in [0.15, 0.2) is 18.2 Å². The van der Waals surface area contributed by atoms with E-state index in [0.29, 0.717) is 5.56 Å². The molecule has 0 saturated heterocycles. The fourth-order valence-electron chi connectivity index (χ4n) is 1.56. The number of hydrogen-bond acceptors (Lipinski definition) is 3. The molecular weight excluding hydrogens is 168 g/mol. The number of rotatable bonds is 1. The van der Waals surface area contributed by atoms with Gasteiger partial charge in [0.15, 0.2) is 0 Å². The fraction of sp³-hybridized carbons (Fsp3) is 0.300. The molecule has 0 spiro atoms. The Morgan fingerprint density at radius 2 is 2.31 bits per heavy atom. The number of aromatic hydroxyl groups is 1. The van der Waals surface area contributed by atoms with Crippen LogP contribution in [-0.4, -0.2) is 11.1 Å².